The molecule has 0 saturated carbocycles. The van der Waals surface area contributed by atoms with Crippen LogP contribution >= 0.6 is 0 Å². The molecule has 0 aromatic heterocycles. The molecule has 0 aliphatic heterocycles. The lowest BCUT2D eigenvalue weighted by atomic mass is 10.2. The second-order valence-corrected chi connectivity index (χ2v) is 2.33. The Balaban J connectivity index is 0.000000354. The molecule has 1 aromatic rings. The molecule has 0 spiro atoms. The van der Waals surface area contributed by atoms with Crippen LogP contribution < -0.4 is 0 Å². The lowest BCUT2D eigenvalue weighted by Gasteiger charge is -1.95. The molecule has 0 aliphatic carbocycles. The standard InChI is InChI=1S/C8H10O.C2H6O/c1-9-7-8-5-3-2-4-6-8;1-3-2/h2-6H,7H2,1H3;1-2H3. The van der Waals surface area contributed by atoms with Crippen LogP contribution in [0.1, 0.15) is 5.56 Å². The Kier molecular flexibility index (Phi) is 7.65. The number of benzene rings is 1. The van der Waals surface area contributed by atoms with Crippen LogP contribution in [0.15, 0.2) is 30.3 Å². The first-order valence-corrected chi connectivity index (χ1v) is 3.78. The molecule has 0 heterocycles. The normalized spacial score (nSPS) is 8.58. The van der Waals surface area contributed by atoms with Gasteiger partial charge in [0.1, 0.15) is 0 Å². The van der Waals surface area contributed by atoms with Gasteiger partial charge in [-0.3, -0.25) is 0 Å². The molecule has 1 aromatic carbocycles. The monoisotopic (exact) mass is 168 g/mol. The molecule has 2 nitrogen and oxygen atoms in total. The maximum atomic E-state index is 4.93. The Labute approximate surface area is 74.1 Å². The highest BCUT2D eigenvalue weighted by atomic mass is 16.5. The maximum absolute atomic E-state index is 4.93. The molecule has 0 unspecified atom stereocenters. The molecular formula is C10H16O2. The van der Waals surface area contributed by atoms with Gasteiger partial charge in [-0.1, -0.05) is 30.3 Å². The smallest absolute Gasteiger partial charge is 0.0713 e. The van der Waals surface area contributed by atoms with Crippen LogP contribution in [0.2, 0.25) is 0 Å². The fourth-order valence-corrected chi connectivity index (χ4v) is 0.741. The average molecular weight is 168 g/mol. The Hall–Kier alpha value is -0.860. The molecular weight excluding hydrogens is 152 g/mol. The summed E-state index contributed by atoms with van der Waals surface area (Å²) in [4.78, 5) is 0. The van der Waals surface area contributed by atoms with E-state index in [9.17, 15) is 0 Å². The topological polar surface area (TPSA) is 18.5 Å². The van der Waals surface area contributed by atoms with E-state index < -0.39 is 0 Å². The van der Waals surface area contributed by atoms with E-state index in [1.165, 1.54) is 5.56 Å². The van der Waals surface area contributed by atoms with E-state index in [2.05, 4.69) is 4.74 Å². The predicted molar refractivity (Wildman–Crippen MR) is 50.1 cm³/mol. The van der Waals surface area contributed by atoms with Crippen molar-refractivity contribution in [2.45, 2.75) is 6.61 Å². The van der Waals surface area contributed by atoms with E-state index in [1.807, 2.05) is 30.3 Å². The summed E-state index contributed by atoms with van der Waals surface area (Å²) in [6.07, 6.45) is 0. The number of hydrogen-bond acceptors (Lipinski definition) is 2. The van der Waals surface area contributed by atoms with Crippen molar-refractivity contribution in [3.63, 3.8) is 0 Å². The molecule has 0 saturated heterocycles. The molecule has 0 bridgehead atoms. The third-order valence-corrected chi connectivity index (χ3v) is 1.15. The minimum atomic E-state index is 0.709. The van der Waals surface area contributed by atoms with Gasteiger partial charge in [0, 0.05) is 21.3 Å². The fraction of sp³-hybridized carbons (Fsp3) is 0.400. The highest BCUT2D eigenvalue weighted by molar-refractivity contribution is 5.13. The molecule has 0 atom stereocenters. The maximum Gasteiger partial charge on any atom is 0.0713 e. The van der Waals surface area contributed by atoms with Crippen LogP contribution in [0.3, 0.4) is 0 Å². The zero-order chi connectivity index (χ0) is 9.23. The number of methoxy groups -OCH3 is 2. The highest BCUT2D eigenvalue weighted by Crippen LogP contribution is 1.98. The first-order valence-electron chi connectivity index (χ1n) is 3.78. The van der Waals surface area contributed by atoms with Gasteiger partial charge in [0.2, 0.25) is 0 Å². The van der Waals surface area contributed by atoms with Gasteiger partial charge >= 0.3 is 0 Å². The van der Waals surface area contributed by atoms with E-state index in [0.717, 1.165) is 0 Å². The second-order valence-electron chi connectivity index (χ2n) is 2.33. The largest absolute Gasteiger partial charge is 0.388 e. The predicted octanol–water partition coefficient (Wildman–Crippen LogP) is 2.10. The third-order valence-electron chi connectivity index (χ3n) is 1.15. The first-order chi connectivity index (χ1) is 5.85. The van der Waals surface area contributed by atoms with Crippen molar-refractivity contribution in [1.29, 1.82) is 0 Å². The Bertz CT molecular complexity index is 172. The van der Waals surface area contributed by atoms with Crippen molar-refractivity contribution < 1.29 is 9.47 Å². The molecule has 2 heteroatoms. The van der Waals surface area contributed by atoms with Crippen LogP contribution in [-0.4, -0.2) is 21.3 Å². The summed E-state index contributed by atoms with van der Waals surface area (Å²) in [6, 6.07) is 10.1. The van der Waals surface area contributed by atoms with Gasteiger partial charge in [-0.2, -0.15) is 0 Å². The van der Waals surface area contributed by atoms with Crippen LogP contribution in [-0.2, 0) is 16.1 Å². The molecule has 0 N–H and O–H groups in total. The minimum Gasteiger partial charge on any atom is -0.388 e. The van der Waals surface area contributed by atoms with Crippen LogP contribution in [0.4, 0.5) is 0 Å². The number of hydrogen-bond donors (Lipinski definition) is 0. The van der Waals surface area contributed by atoms with E-state index in [-0.39, 0.29) is 0 Å². The van der Waals surface area contributed by atoms with Crippen LogP contribution in [0.25, 0.3) is 0 Å². The summed E-state index contributed by atoms with van der Waals surface area (Å²) in [5.74, 6) is 0. The Morgan fingerprint density at radius 3 is 1.92 bits per heavy atom. The Morgan fingerprint density at radius 1 is 1.00 bits per heavy atom. The van der Waals surface area contributed by atoms with E-state index in [1.54, 1.807) is 21.3 Å². The van der Waals surface area contributed by atoms with Gasteiger partial charge in [-0.15, -0.1) is 0 Å². The zero-order valence-corrected chi connectivity index (χ0v) is 7.91. The van der Waals surface area contributed by atoms with Crippen molar-refractivity contribution in [2.75, 3.05) is 21.3 Å². The zero-order valence-electron chi connectivity index (χ0n) is 7.91. The van der Waals surface area contributed by atoms with E-state index in [0.29, 0.717) is 6.61 Å². The lowest BCUT2D eigenvalue weighted by Crippen LogP contribution is -1.84. The number of ether oxygens (including phenoxy) is 2. The van der Waals surface area contributed by atoms with Gasteiger partial charge in [0.05, 0.1) is 6.61 Å². The third kappa shape index (κ3) is 5.89. The van der Waals surface area contributed by atoms with Gasteiger partial charge in [-0.05, 0) is 5.56 Å². The fourth-order valence-electron chi connectivity index (χ4n) is 0.741. The van der Waals surface area contributed by atoms with Gasteiger partial charge in [0.15, 0.2) is 0 Å². The van der Waals surface area contributed by atoms with Crippen molar-refractivity contribution in [2.24, 2.45) is 0 Å². The summed E-state index contributed by atoms with van der Waals surface area (Å²) in [7, 11) is 4.95. The minimum absolute atomic E-state index is 0.709. The number of rotatable bonds is 2. The van der Waals surface area contributed by atoms with Crippen molar-refractivity contribution >= 4 is 0 Å². The molecule has 0 aliphatic rings. The Morgan fingerprint density at radius 2 is 1.50 bits per heavy atom. The highest BCUT2D eigenvalue weighted by Gasteiger charge is 1.84. The summed E-state index contributed by atoms with van der Waals surface area (Å²) in [5, 5.41) is 0. The molecule has 0 amide bonds. The molecule has 1 rings (SSSR count). The van der Waals surface area contributed by atoms with Crippen LogP contribution in [0.5, 0.6) is 0 Å². The van der Waals surface area contributed by atoms with Crippen molar-refractivity contribution in [3.05, 3.63) is 35.9 Å². The summed E-state index contributed by atoms with van der Waals surface area (Å²) >= 11 is 0. The summed E-state index contributed by atoms with van der Waals surface area (Å²) < 4.78 is 9.18. The SMILES string of the molecule is COC.COCc1ccccc1. The lowest BCUT2D eigenvalue weighted by molar-refractivity contribution is 0.185. The van der Waals surface area contributed by atoms with Gasteiger partial charge in [-0.25, -0.2) is 0 Å². The molecule has 0 fully saturated rings. The summed E-state index contributed by atoms with van der Waals surface area (Å²) in [6.45, 7) is 0.709. The van der Waals surface area contributed by atoms with Crippen molar-refractivity contribution in [3.8, 4) is 0 Å². The van der Waals surface area contributed by atoms with E-state index in [4.69, 9.17) is 4.74 Å². The molecule has 68 valence electrons. The van der Waals surface area contributed by atoms with Gasteiger partial charge in [0.25, 0.3) is 0 Å². The molecule has 12 heavy (non-hydrogen) atoms. The van der Waals surface area contributed by atoms with Crippen molar-refractivity contribution in [1.82, 2.24) is 0 Å². The van der Waals surface area contributed by atoms with Gasteiger partial charge < -0.3 is 9.47 Å². The average Bonchev–Trinajstić information content (AvgIpc) is 2.08. The quantitative estimate of drug-likeness (QED) is 0.673. The molecule has 0 radical (unpaired) electrons. The van der Waals surface area contributed by atoms with Crippen LogP contribution in [0, 0.1) is 0 Å². The van der Waals surface area contributed by atoms with E-state index >= 15 is 0 Å². The first kappa shape index (κ1) is 11.1. The summed E-state index contributed by atoms with van der Waals surface area (Å²) in [5.41, 5.74) is 1.22. The second kappa shape index (κ2) is 8.24.